The van der Waals surface area contributed by atoms with Crippen molar-refractivity contribution in [3.63, 3.8) is 0 Å². The minimum absolute atomic E-state index is 0. The van der Waals surface area contributed by atoms with Crippen LogP contribution in [-0.4, -0.2) is 17.3 Å². The molecule has 0 aliphatic heterocycles. The highest BCUT2D eigenvalue weighted by molar-refractivity contribution is 5.85. The Balaban J connectivity index is 0.00000180. The molecule has 0 amide bonds. The minimum Gasteiger partial charge on any atom is -0.497 e. The molecule has 1 aromatic carbocycles. The van der Waals surface area contributed by atoms with E-state index in [0.29, 0.717) is 18.1 Å². The summed E-state index contributed by atoms with van der Waals surface area (Å²) in [6.07, 6.45) is 0.615. The molecule has 0 spiro atoms. The number of ether oxygens (including phenoxy) is 1. The van der Waals surface area contributed by atoms with Gasteiger partial charge in [0, 0.05) is 6.42 Å². The van der Waals surface area contributed by atoms with E-state index < -0.39 is 5.54 Å². The predicted molar refractivity (Wildman–Crippen MR) is 74.6 cm³/mol. The Bertz CT molecular complexity index is 517. The Labute approximate surface area is 118 Å². The number of halogens is 1. The molecule has 6 heteroatoms. The SMILES string of the molecule is COc1ccc(Cc2noc(C(C)(C)N)n2)cc1.Cl. The lowest BCUT2D eigenvalue weighted by atomic mass is 10.1. The fraction of sp³-hybridized carbons (Fsp3) is 0.385. The molecule has 104 valence electrons. The number of methoxy groups -OCH3 is 1. The molecule has 5 nitrogen and oxygen atoms in total. The van der Waals surface area contributed by atoms with Gasteiger partial charge in [-0.15, -0.1) is 12.4 Å². The second kappa shape index (κ2) is 6.04. The molecule has 0 atom stereocenters. The predicted octanol–water partition coefficient (Wildman–Crippen LogP) is 2.28. The van der Waals surface area contributed by atoms with Gasteiger partial charge in [-0.05, 0) is 31.5 Å². The zero-order valence-corrected chi connectivity index (χ0v) is 12.0. The molecule has 1 heterocycles. The molecule has 0 aliphatic rings. The van der Waals surface area contributed by atoms with Crippen molar-refractivity contribution in [3.05, 3.63) is 41.5 Å². The molecule has 0 radical (unpaired) electrons. The van der Waals surface area contributed by atoms with Crippen LogP contribution < -0.4 is 10.5 Å². The zero-order valence-electron chi connectivity index (χ0n) is 11.2. The Morgan fingerprint density at radius 1 is 1.26 bits per heavy atom. The molecular weight excluding hydrogens is 266 g/mol. The summed E-state index contributed by atoms with van der Waals surface area (Å²) in [5.41, 5.74) is 6.38. The topological polar surface area (TPSA) is 74.2 Å². The van der Waals surface area contributed by atoms with E-state index >= 15 is 0 Å². The van der Waals surface area contributed by atoms with Crippen LogP contribution in [0.25, 0.3) is 0 Å². The smallest absolute Gasteiger partial charge is 0.246 e. The molecule has 0 saturated heterocycles. The fourth-order valence-corrected chi connectivity index (χ4v) is 1.51. The van der Waals surface area contributed by atoms with Gasteiger partial charge in [0.15, 0.2) is 5.82 Å². The fourth-order valence-electron chi connectivity index (χ4n) is 1.51. The molecule has 19 heavy (non-hydrogen) atoms. The van der Waals surface area contributed by atoms with Gasteiger partial charge < -0.3 is 15.0 Å². The van der Waals surface area contributed by atoms with Crippen LogP contribution in [0.5, 0.6) is 5.75 Å². The average Bonchev–Trinajstić information content (AvgIpc) is 2.78. The van der Waals surface area contributed by atoms with E-state index in [9.17, 15) is 0 Å². The second-order valence-corrected chi connectivity index (χ2v) is 4.76. The van der Waals surface area contributed by atoms with Gasteiger partial charge in [0.1, 0.15) is 5.75 Å². The molecule has 0 unspecified atom stereocenters. The summed E-state index contributed by atoms with van der Waals surface area (Å²) in [6.45, 7) is 3.66. The summed E-state index contributed by atoms with van der Waals surface area (Å²) in [7, 11) is 1.64. The Morgan fingerprint density at radius 2 is 1.89 bits per heavy atom. The Morgan fingerprint density at radius 3 is 2.37 bits per heavy atom. The number of aromatic nitrogens is 2. The van der Waals surface area contributed by atoms with Crippen molar-refractivity contribution in [2.45, 2.75) is 25.8 Å². The molecule has 0 aliphatic carbocycles. The molecule has 1 aromatic heterocycles. The molecule has 2 N–H and O–H groups in total. The lowest BCUT2D eigenvalue weighted by molar-refractivity contribution is 0.310. The monoisotopic (exact) mass is 283 g/mol. The van der Waals surface area contributed by atoms with Gasteiger partial charge in [0.2, 0.25) is 5.89 Å². The first-order valence-corrected chi connectivity index (χ1v) is 5.74. The van der Waals surface area contributed by atoms with E-state index in [-0.39, 0.29) is 12.4 Å². The second-order valence-electron chi connectivity index (χ2n) is 4.76. The summed E-state index contributed by atoms with van der Waals surface area (Å²) < 4.78 is 10.2. The number of nitrogens with zero attached hydrogens (tertiary/aromatic N) is 2. The van der Waals surface area contributed by atoms with E-state index in [4.69, 9.17) is 15.0 Å². The molecule has 0 saturated carbocycles. The van der Waals surface area contributed by atoms with Gasteiger partial charge in [-0.1, -0.05) is 17.3 Å². The van der Waals surface area contributed by atoms with Crippen molar-refractivity contribution in [1.29, 1.82) is 0 Å². The van der Waals surface area contributed by atoms with Crippen molar-refractivity contribution in [2.75, 3.05) is 7.11 Å². The molecule has 2 rings (SSSR count). The van der Waals surface area contributed by atoms with Crippen LogP contribution in [0.1, 0.15) is 31.1 Å². The molecule has 2 aromatic rings. The number of benzene rings is 1. The largest absolute Gasteiger partial charge is 0.497 e. The summed E-state index contributed by atoms with van der Waals surface area (Å²) in [4.78, 5) is 4.29. The van der Waals surface area contributed by atoms with E-state index in [0.717, 1.165) is 11.3 Å². The summed E-state index contributed by atoms with van der Waals surface area (Å²) in [5.74, 6) is 1.91. The van der Waals surface area contributed by atoms with Gasteiger partial charge in [0.25, 0.3) is 0 Å². The highest BCUT2D eigenvalue weighted by atomic mass is 35.5. The van der Waals surface area contributed by atoms with Crippen molar-refractivity contribution >= 4 is 12.4 Å². The summed E-state index contributed by atoms with van der Waals surface area (Å²) in [6, 6.07) is 7.76. The van der Waals surface area contributed by atoms with Crippen LogP contribution in [0, 0.1) is 0 Å². The van der Waals surface area contributed by atoms with Gasteiger partial charge in [0.05, 0.1) is 12.6 Å². The third-order valence-corrected chi connectivity index (χ3v) is 2.54. The van der Waals surface area contributed by atoms with E-state index in [1.807, 2.05) is 38.1 Å². The first-order valence-electron chi connectivity index (χ1n) is 5.74. The van der Waals surface area contributed by atoms with Crippen LogP contribution in [0.4, 0.5) is 0 Å². The van der Waals surface area contributed by atoms with Gasteiger partial charge in [-0.25, -0.2) is 0 Å². The summed E-state index contributed by atoms with van der Waals surface area (Å²) in [5, 5.41) is 3.92. The maximum atomic E-state index is 5.89. The van der Waals surface area contributed by atoms with Gasteiger partial charge >= 0.3 is 0 Å². The lowest BCUT2D eigenvalue weighted by Gasteiger charge is -2.10. The van der Waals surface area contributed by atoms with E-state index in [1.165, 1.54) is 0 Å². The molecule has 0 bridgehead atoms. The van der Waals surface area contributed by atoms with Crippen molar-refractivity contribution in [3.8, 4) is 5.75 Å². The Hall–Kier alpha value is -1.59. The lowest BCUT2D eigenvalue weighted by Crippen LogP contribution is -2.29. The standard InChI is InChI=1S/C13H17N3O2.ClH/c1-13(2,14)12-15-11(16-18-12)8-9-4-6-10(17-3)7-5-9;/h4-7H,8,14H2,1-3H3;1H. The first kappa shape index (κ1) is 15.5. The van der Waals surface area contributed by atoms with Crippen LogP contribution in [0.15, 0.2) is 28.8 Å². The third kappa shape index (κ3) is 3.94. The Kier molecular flexibility index (Phi) is 4.91. The van der Waals surface area contributed by atoms with Crippen molar-refractivity contribution in [1.82, 2.24) is 10.1 Å². The minimum atomic E-state index is -0.606. The van der Waals surface area contributed by atoms with Crippen LogP contribution in [-0.2, 0) is 12.0 Å². The highest BCUT2D eigenvalue weighted by Crippen LogP contribution is 2.17. The number of hydrogen-bond acceptors (Lipinski definition) is 5. The number of hydrogen-bond donors (Lipinski definition) is 1. The van der Waals surface area contributed by atoms with Crippen LogP contribution >= 0.6 is 12.4 Å². The molecular formula is C13H18ClN3O2. The van der Waals surface area contributed by atoms with Crippen molar-refractivity contribution < 1.29 is 9.26 Å². The third-order valence-electron chi connectivity index (χ3n) is 2.54. The maximum absolute atomic E-state index is 5.89. The highest BCUT2D eigenvalue weighted by Gasteiger charge is 2.22. The molecule has 0 fully saturated rings. The van der Waals surface area contributed by atoms with Crippen molar-refractivity contribution in [2.24, 2.45) is 5.73 Å². The van der Waals surface area contributed by atoms with Crippen LogP contribution in [0.2, 0.25) is 0 Å². The zero-order chi connectivity index (χ0) is 13.2. The van der Waals surface area contributed by atoms with Gasteiger partial charge in [-0.3, -0.25) is 0 Å². The van der Waals surface area contributed by atoms with Crippen LogP contribution in [0.3, 0.4) is 0 Å². The maximum Gasteiger partial charge on any atom is 0.246 e. The quantitative estimate of drug-likeness (QED) is 0.932. The van der Waals surface area contributed by atoms with Gasteiger partial charge in [-0.2, -0.15) is 4.98 Å². The van der Waals surface area contributed by atoms with E-state index in [1.54, 1.807) is 7.11 Å². The van der Waals surface area contributed by atoms with E-state index in [2.05, 4.69) is 10.1 Å². The summed E-state index contributed by atoms with van der Waals surface area (Å²) >= 11 is 0. The normalized spacial score (nSPS) is 10.9. The first-order chi connectivity index (χ1) is 8.49. The number of nitrogens with two attached hydrogens (primary N) is 1. The average molecular weight is 284 g/mol. The number of rotatable bonds is 4.